The monoisotopic (exact) mass is 253 g/mol. The fourth-order valence-electron chi connectivity index (χ4n) is 2.29. The first-order valence-corrected chi connectivity index (χ1v) is 9.37. The Morgan fingerprint density at radius 1 is 1.00 bits per heavy atom. The second-order valence-electron chi connectivity index (χ2n) is 4.35. The Morgan fingerprint density at radius 3 is 2.25 bits per heavy atom. The highest BCUT2D eigenvalue weighted by atomic mass is 32.2. The van der Waals surface area contributed by atoms with E-state index in [0.717, 1.165) is 0 Å². The summed E-state index contributed by atoms with van der Waals surface area (Å²) in [6, 6.07) is 6.50. The van der Waals surface area contributed by atoms with Crippen molar-refractivity contribution in [2.24, 2.45) is 0 Å². The molecule has 0 radical (unpaired) electrons. The van der Waals surface area contributed by atoms with E-state index < -0.39 is 0 Å². The van der Waals surface area contributed by atoms with E-state index in [1.165, 1.54) is 21.0 Å². The summed E-state index contributed by atoms with van der Waals surface area (Å²) in [6.07, 6.45) is 11.4. The van der Waals surface area contributed by atoms with Gasteiger partial charge in [0.05, 0.1) is 5.56 Å². The first kappa shape index (κ1) is 11.9. The average Bonchev–Trinajstić information content (AvgIpc) is 2.49. The summed E-state index contributed by atoms with van der Waals surface area (Å²) in [7, 11) is 0.629. The van der Waals surface area contributed by atoms with Crippen LogP contribution in [-0.4, -0.2) is 29.4 Å². The van der Waals surface area contributed by atoms with Crippen LogP contribution in [0.3, 0.4) is 0 Å². The molecule has 0 aliphatic carbocycles. The minimum Gasteiger partial charge on any atom is -0.273 e. The van der Waals surface area contributed by atoms with Crippen LogP contribution >= 0.6 is 0 Å². The molecule has 86 valence electrons. The van der Waals surface area contributed by atoms with Crippen molar-refractivity contribution in [3.8, 4) is 0 Å². The molecule has 0 unspecified atom stereocenters. The third kappa shape index (κ3) is 1.76. The molecule has 0 atom stereocenters. The quantitative estimate of drug-likeness (QED) is 0.725. The Balaban J connectivity index is 2.86. The van der Waals surface area contributed by atoms with Crippen LogP contribution < -0.4 is 0 Å². The second-order valence-corrected chi connectivity index (χ2v) is 8.41. The van der Waals surface area contributed by atoms with Crippen LogP contribution in [0.4, 0.5) is 0 Å². The first-order valence-electron chi connectivity index (χ1n) is 5.29. The van der Waals surface area contributed by atoms with Gasteiger partial charge < -0.3 is 0 Å². The Hall–Kier alpha value is -0.540. The highest BCUT2D eigenvalue weighted by molar-refractivity contribution is 7.96. The van der Waals surface area contributed by atoms with Crippen LogP contribution in [0, 0.1) is 6.92 Å². The Bertz CT molecular complexity index is 467. The molecule has 2 rings (SSSR count). The second kappa shape index (κ2) is 4.38. The maximum atomic E-state index is 2.38. The van der Waals surface area contributed by atoms with E-state index in [1.807, 2.05) is 0 Å². The molecule has 2 aromatic rings. The van der Waals surface area contributed by atoms with Gasteiger partial charge in [-0.3, -0.25) is 4.40 Å². The topological polar surface area (TPSA) is 4.41 Å². The van der Waals surface area contributed by atoms with Crippen molar-refractivity contribution in [3.63, 3.8) is 0 Å². The van der Waals surface area contributed by atoms with Gasteiger partial charge in [0.15, 0.2) is 4.90 Å². The molecule has 2 aromatic heterocycles. The fraction of sp³-hybridized carbons (Fsp3) is 0.385. The number of nitrogens with zero attached hydrogens (tertiary/aromatic N) is 1. The normalized spacial score (nSPS) is 11.9. The number of pyridine rings is 1. The van der Waals surface area contributed by atoms with Crippen LogP contribution in [0.15, 0.2) is 34.3 Å². The maximum absolute atomic E-state index is 2.38. The SMILES string of the molecule is Cc1c([S+](C)C)c2ccccn2c1[S+](C)C. The van der Waals surface area contributed by atoms with E-state index in [4.69, 9.17) is 0 Å². The predicted molar refractivity (Wildman–Crippen MR) is 77.1 cm³/mol. The molecule has 0 bridgehead atoms. The van der Waals surface area contributed by atoms with Crippen LogP contribution in [0.25, 0.3) is 5.52 Å². The molecule has 0 saturated carbocycles. The van der Waals surface area contributed by atoms with E-state index in [2.05, 4.69) is 60.7 Å². The van der Waals surface area contributed by atoms with Crippen molar-refractivity contribution in [3.05, 3.63) is 30.0 Å². The molecule has 0 aromatic carbocycles. The van der Waals surface area contributed by atoms with Gasteiger partial charge in [-0.15, -0.1) is 0 Å². The van der Waals surface area contributed by atoms with Gasteiger partial charge in [-0.25, -0.2) is 0 Å². The van der Waals surface area contributed by atoms with Gasteiger partial charge in [0.1, 0.15) is 30.5 Å². The molecule has 2 heterocycles. The van der Waals surface area contributed by atoms with E-state index in [9.17, 15) is 0 Å². The third-order valence-electron chi connectivity index (χ3n) is 2.77. The van der Waals surface area contributed by atoms with E-state index in [1.54, 1.807) is 0 Å². The summed E-state index contributed by atoms with van der Waals surface area (Å²) in [4.78, 5) is 1.54. The van der Waals surface area contributed by atoms with Crippen molar-refractivity contribution in [1.29, 1.82) is 0 Å². The highest BCUT2D eigenvalue weighted by Gasteiger charge is 2.29. The molecule has 0 N–H and O–H groups in total. The fourth-order valence-corrected chi connectivity index (χ4v) is 4.92. The van der Waals surface area contributed by atoms with E-state index in [-0.39, 0.29) is 0 Å². The summed E-state index contributed by atoms with van der Waals surface area (Å²) < 4.78 is 2.38. The number of hydrogen-bond donors (Lipinski definition) is 0. The van der Waals surface area contributed by atoms with Gasteiger partial charge in [0.2, 0.25) is 5.03 Å². The largest absolute Gasteiger partial charge is 0.273 e. The van der Waals surface area contributed by atoms with Gasteiger partial charge in [0.25, 0.3) is 0 Å². The lowest BCUT2D eigenvalue weighted by Crippen LogP contribution is -2.02. The standard InChI is InChI=1S/C13H19NS2/c1-10-12(15(2)3)11-8-6-7-9-14(11)13(10)16(4)5/h6-9H,1-5H3/q+2. The summed E-state index contributed by atoms with van der Waals surface area (Å²) >= 11 is 0. The summed E-state index contributed by atoms with van der Waals surface area (Å²) in [5, 5.41) is 1.49. The molecule has 0 spiro atoms. The number of fused-ring (bicyclic) bond motifs is 1. The van der Waals surface area contributed by atoms with Crippen molar-refractivity contribution in [2.45, 2.75) is 16.8 Å². The molecule has 1 nitrogen and oxygen atoms in total. The number of rotatable bonds is 2. The average molecular weight is 253 g/mol. The van der Waals surface area contributed by atoms with Crippen molar-refractivity contribution in [2.75, 3.05) is 25.0 Å². The zero-order chi connectivity index (χ0) is 11.9. The van der Waals surface area contributed by atoms with Gasteiger partial charge in [-0.05, 0) is 19.1 Å². The maximum Gasteiger partial charge on any atom is 0.239 e. The molecule has 0 aliphatic heterocycles. The smallest absolute Gasteiger partial charge is 0.239 e. The van der Waals surface area contributed by atoms with Gasteiger partial charge in [-0.1, -0.05) is 6.07 Å². The minimum atomic E-state index is 0.307. The third-order valence-corrected chi connectivity index (χ3v) is 5.38. The summed E-state index contributed by atoms with van der Waals surface area (Å²) in [5.74, 6) is 0. The van der Waals surface area contributed by atoms with E-state index >= 15 is 0 Å². The molecule has 0 saturated heterocycles. The Kier molecular flexibility index (Phi) is 3.27. The van der Waals surface area contributed by atoms with Gasteiger partial charge in [0, 0.05) is 28.0 Å². The predicted octanol–water partition coefficient (Wildman–Crippen LogP) is 2.72. The molecule has 0 fully saturated rings. The van der Waals surface area contributed by atoms with Crippen LogP contribution in [0.5, 0.6) is 0 Å². The molecular weight excluding hydrogens is 234 g/mol. The Labute approximate surface area is 104 Å². The number of aromatic nitrogens is 1. The van der Waals surface area contributed by atoms with Crippen molar-refractivity contribution in [1.82, 2.24) is 4.40 Å². The summed E-state index contributed by atoms with van der Waals surface area (Å²) in [5.41, 5.74) is 2.89. The van der Waals surface area contributed by atoms with Crippen molar-refractivity contribution >= 4 is 27.3 Å². The number of hydrogen-bond acceptors (Lipinski definition) is 0. The molecule has 0 aliphatic rings. The minimum absolute atomic E-state index is 0.307. The zero-order valence-electron chi connectivity index (χ0n) is 10.6. The van der Waals surface area contributed by atoms with Crippen LogP contribution in [-0.2, 0) is 21.8 Å². The molecule has 3 heteroatoms. The van der Waals surface area contributed by atoms with Crippen LogP contribution in [0.1, 0.15) is 5.56 Å². The molecule has 0 amide bonds. The Morgan fingerprint density at radius 2 is 1.69 bits per heavy atom. The molecule has 16 heavy (non-hydrogen) atoms. The van der Waals surface area contributed by atoms with Gasteiger partial charge in [-0.2, -0.15) is 0 Å². The lowest BCUT2D eigenvalue weighted by Gasteiger charge is -1.97. The lowest BCUT2D eigenvalue weighted by molar-refractivity contribution is 1.02. The highest BCUT2D eigenvalue weighted by Crippen LogP contribution is 2.30. The zero-order valence-corrected chi connectivity index (χ0v) is 12.2. The van der Waals surface area contributed by atoms with E-state index in [0.29, 0.717) is 21.8 Å². The van der Waals surface area contributed by atoms with Crippen LogP contribution in [0.2, 0.25) is 0 Å². The lowest BCUT2D eigenvalue weighted by atomic mass is 10.3. The van der Waals surface area contributed by atoms with Crippen molar-refractivity contribution < 1.29 is 0 Å². The summed E-state index contributed by atoms with van der Waals surface area (Å²) in [6.45, 7) is 2.28. The molecular formula is C13H19NS2+2. The first-order chi connectivity index (χ1) is 7.54. The van der Waals surface area contributed by atoms with Gasteiger partial charge >= 0.3 is 0 Å².